The number of benzene rings is 2. The molecule has 4 aromatic rings. The third kappa shape index (κ3) is 4.80. The first-order chi connectivity index (χ1) is 16.6. The Morgan fingerprint density at radius 3 is 2.63 bits per heavy atom. The van der Waals surface area contributed by atoms with Gasteiger partial charge < -0.3 is 10.1 Å². The summed E-state index contributed by atoms with van der Waals surface area (Å²) in [4.78, 5) is 28.9. The number of carbonyl (C=O) groups is 2. The van der Waals surface area contributed by atoms with Gasteiger partial charge in [0.2, 0.25) is 0 Å². The highest BCUT2D eigenvalue weighted by atomic mass is 35.5. The number of aromatic nitrogens is 3. The van der Waals surface area contributed by atoms with Gasteiger partial charge in [-0.05, 0) is 37.3 Å². The van der Waals surface area contributed by atoms with E-state index in [-0.39, 0.29) is 23.5 Å². The Morgan fingerprint density at radius 1 is 1.14 bits per heavy atom. The van der Waals surface area contributed by atoms with E-state index in [2.05, 4.69) is 15.4 Å². The summed E-state index contributed by atoms with van der Waals surface area (Å²) in [6.45, 7) is 1.84. The first-order valence-corrected chi connectivity index (χ1v) is 10.5. The number of hydrogen-bond acceptors (Lipinski definition) is 5. The van der Waals surface area contributed by atoms with Crippen molar-refractivity contribution in [1.82, 2.24) is 14.6 Å². The first kappa shape index (κ1) is 24.1. The molecule has 0 saturated heterocycles. The van der Waals surface area contributed by atoms with E-state index in [4.69, 9.17) is 16.3 Å². The van der Waals surface area contributed by atoms with Crippen LogP contribution in [0.2, 0.25) is 5.02 Å². The third-order valence-corrected chi connectivity index (χ3v) is 5.19. The lowest BCUT2D eigenvalue weighted by Crippen LogP contribution is -2.16. The number of alkyl halides is 3. The number of nitrogens with zero attached hydrogens (tertiary/aromatic N) is 3. The summed E-state index contributed by atoms with van der Waals surface area (Å²) in [5.41, 5.74) is -0.508. The summed E-state index contributed by atoms with van der Waals surface area (Å²) in [5, 5.41) is 5.74. The fraction of sp³-hybridized carbons (Fsp3) is 0.130. The van der Waals surface area contributed by atoms with E-state index in [0.717, 1.165) is 0 Å². The average Bonchev–Trinajstić information content (AvgIpc) is 3.25. The maximum atomic E-state index is 14.3. The molecule has 2 aromatic heterocycles. The van der Waals surface area contributed by atoms with Crippen molar-refractivity contribution in [3.63, 3.8) is 0 Å². The molecule has 2 heterocycles. The number of fused-ring (bicyclic) bond motifs is 1. The van der Waals surface area contributed by atoms with Crippen molar-refractivity contribution in [3.8, 4) is 11.3 Å². The second-order valence-electron chi connectivity index (χ2n) is 7.20. The fourth-order valence-electron chi connectivity index (χ4n) is 3.34. The Kier molecular flexibility index (Phi) is 6.44. The molecule has 0 saturated carbocycles. The Hall–Kier alpha value is -3.99. The highest BCUT2D eigenvalue weighted by Crippen LogP contribution is 2.34. The quantitative estimate of drug-likeness (QED) is 0.280. The van der Waals surface area contributed by atoms with Crippen LogP contribution in [0.4, 0.5) is 23.2 Å². The molecule has 0 unspecified atom stereocenters. The molecule has 7 nitrogen and oxygen atoms in total. The van der Waals surface area contributed by atoms with Crippen molar-refractivity contribution in [2.45, 2.75) is 13.1 Å². The lowest BCUT2D eigenvalue weighted by atomic mass is 10.1. The van der Waals surface area contributed by atoms with Crippen LogP contribution in [0.25, 0.3) is 16.9 Å². The maximum absolute atomic E-state index is 14.3. The van der Waals surface area contributed by atoms with Gasteiger partial charge in [-0.2, -0.15) is 18.3 Å². The van der Waals surface area contributed by atoms with Crippen molar-refractivity contribution in [1.29, 1.82) is 0 Å². The molecule has 35 heavy (non-hydrogen) atoms. The van der Waals surface area contributed by atoms with Crippen molar-refractivity contribution >= 4 is 34.8 Å². The third-order valence-electron chi connectivity index (χ3n) is 4.91. The highest BCUT2D eigenvalue weighted by Gasteiger charge is 2.33. The smallest absolute Gasteiger partial charge is 0.416 e. The van der Waals surface area contributed by atoms with Gasteiger partial charge in [0.1, 0.15) is 5.56 Å². The maximum Gasteiger partial charge on any atom is 0.416 e. The SMILES string of the molecule is CCOC(=O)c1cnn2c(-c3cccc(NC(=O)c4cc(C(F)(F)F)cc(Cl)c4F)c3)ccnc12. The zero-order valence-electron chi connectivity index (χ0n) is 17.9. The van der Waals surface area contributed by atoms with Crippen LogP contribution < -0.4 is 5.32 Å². The molecule has 2 aromatic carbocycles. The predicted molar refractivity (Wildman–Crippen MR) is 119 cm³/mol. The van der Waals surface area contributed by atoms with E-state index in [9.17, 15) is 27.2 Å². The summed E-state index contributed by atoms with van der Waals surface area (Å²) in [6, 6.07) is 8.65. The Bertz CT molecular complexity index is 1450. The van der Waals surface area contributed by atoms with Crippen LogP contribution in [0.1, 0.15) is 33.2 Å². The number of amides is 1. The molecule has 0 bridgehead atoms. The molecule has 4 rings (SSSR count). The molecule has 0 spiro atoms. The van der Waals surface area contributed by atoms with Gasteiger partial charge in [0.25, 0.3) is 5.91 Å². The van der Waals surface area contributed by atoms with Crippen molar-refractivity contribution in [3.05, 3.63) is 82.4 Å². The second kappa shape index (κ2) is 9.34. The molecule has 1 N–H and O–H groups in total. The molecule has 1 amide bonds. The monoisotopic (exact) mass is 506 g/mol. The van der Waals surface area contributed by atoms with Crippen molar-refractivity contribution in [2.75, 3.05) is 11.9 Å². The predicted octanol–water partition coefficient (Wildman–Crippen LogP) is 5.64. The summed E-state index contributed by atoms with van der Waals surface area (Å²) in [7, 11) is 0. The zero-order chi connectivity index (χ0) is 25.3. The van der Waals surface area contributed by atoms with Gasteiger partial charge in [0.05, 0.1) is 34.6 Å². The van der Waals surface area contributed by atoms with E-state index in [1.807, 2.05) is 0 Å². The number of carbonyl (C=O) groups excluding carboxylic acids is 2. The van der Waals surface area contributed by atoms with Crippen LogP contribution in [0, 0.1) is 5.82 Å². The first-order valence-electron chi connectivity index (χ1n) is 10.1. The minimum Gasteiger partial charge on any atom is -0.462 e. The van der Waals surface area contributed by atoms with Gasteiger partial charge in [0, 0.05) is 17.4 Å². The number of nitrogens with one attached hydrogen (secondary N) is 1. The lowest BCUT2D eigenvalue weighted by molar-refractivity contribution is -0.137. The van der Waals surface area contributed by atoms with E-state index in [1.165, 1.54) is 29.0 Å². The minimum atomic E-state index is -4.81. The number of halogens is 5. The van der Waals surface area contributed by atoms with Crippen LogP contribution >= 0.6 is 11.6 Å². The normalized spacial score (nSPS) is 11.5. The molecule has 0 aliphatic heterocycles. The van der Waals surface area contributed by atoms with E-state index >= 15 is 0 Å². The number of hydrogen-bond donors (Lipinski definition) is 1. The Labute approximate surface area is 200 Å². The van der Waals surface area contributed by atoms with E-state index < -0.39 is 40.0 Å². The van der Waals surface area contributed by atoms with Gasteiger partial charge in [-0.25, -0.2) is 18.7 Å². The van der Waals surface area contributed by atoms with Crippen LogP contribution in [-0.2, 0) is 10.9 Å². The molecular formula is C23H15ClF4N4O3. The number of rotatable bonds is 5. The van der Waals surface area contributed by atoms with Gasteiger partial charge in [-0.3, -0.25) is 4.79 Å². The molecule has 0 aliphatic carbocycles. The van der Waals surface area contributed by atoms with Crippen molar-refractivity contribution in [2.24, 2.45) is 0 Å². The molecule has 0 fully saturated rings. The molecule has 0 atom stereocenters. The zero-order valence-corrected chi connectivity index (χ0v) is 18.6. The largest absolute Gasteiger partial charge is 0.462 e. The topological polar surface area (TPSA) is 85.6 Å². The Morgan fingerprint density at radius 2 is 1.91 bits per heavy atom. The lowest BCUT2D eigenvalue weighted by Gasteiger charge is -2.12. The molecule has 0 aliphatic rings. The molecule has 180 valence electrons. The van der Waals surface area contributed by atoms with Crippen LogP contribution in [0.3, 0.4) is 0 Å². The summed E-state index contributed by atoms with van der Waals surface area (Å²) in [6.07, 6.45) is -2.04. The standard InChI is InChI=1S/C23H15ClF4N4O3/c1-2-35-22(34)16-11-30-32-18(6-7-29-20(16)32)12-4-3-5-14(8-12)31-21(33)15-9-13(23(26,27)28)10-17(24)19(15)25/h3-11H,2H2,1H3,(H,31,33). The highest BCUT2D eigenvalue weighted by molar-refractivity contribution is 6.31. The molecule has 12 heteroatoms. The summed E-state index contributed by atoms with van der Waals surface area (Å²) < 4.78 is 60.0. The van der Waals surface area contributed by atoms with Crippen LogP contribution in [-0.4, -0.2) is 33.1 Å². The molecule has 0 radical (unpaired) electrons. The van der Waals surface area contributed by atoms with Gasteiger partial charge >= 0.3 is 12.1 Å². The van der Waals surface area contributed by atoms with E-state index in [0.29, 0.717) is 23.4 Å². The number of esters is 1. The van der Waals surface area contributed by atoms with E-state index in [1.54, 1.807) is 25.1 Å². The summed E-state index contributed by atoms with van der Waals surface area (Å²) >= 11 is 5.57. The van der Waals surface area contributed by atoms with Gasteiger partial charge in [-0.15, -0.1) is 0 Å². The fourth-order valence-corrected chi connectivity index (χ4v) is 3.55. The van der Waals surface area contributed by atoms with Gasteiger partial charge in [-0.1, -0.05) is 23.7 Å². The Balaban J connectivity index is 1.68. The second-order valence-corrected chi connectivity index (χ2v) is 7.60. The minimum absolute atomic E-state index is 0.162. The van der Waals surface area contributed by atoms with Crippen molar-refractivity contribution < 1.29 is 31.9 Å². The average molecular weight is 507 g/mol. The number of anilines is 1. The van der Waals surface area contributed by atoms with Gasteiger partial charge in [0.15, 0.2) is 11.5 Å². The van der Waals surface area contributed by atoms with Crippen LogP contribution in [0.5, 0.6) is 0 Å². The van der Waals surface area contributed by atoms with Crippen LogP contribution in [0.15, 0.2) is 54.9 Å². The summed E-state index contributed by atoms with van der Waals surface area (Å²) in [5.74, 6) is -2.97. The molecular weight excluding hydrogens is 492 g/mol. The number of ether oxygens (including phenoxy) is 1.